The van der Waals surface area contributed by atoms with Gasteiger partial charge in [-0.3, -0.25) is 0 Å². The highest BCUT2D eigenvalue weighted by Crippen LogP contribution is 2.26. The molecule has 1 atom stereocenters. The van der Waals surface area contributed by atoms with E-state index < -0.39 is 0 Å². The lowest BCUT2D eigenvalue weighted by molar-refractivity contribution is 0.517. The Balaban J connectivity index is 2.01. The average Bonchev–Trinajstić information content (AvgIpc) is 2.81. The number of aryl methyl sites for hydroxylation is 1. The molecule has 1 N–H and O–H groups in total. The van der Waals surface area contributed by atoms with Crippen LogP contribution in [0.2, 0.25) is 5.02 Å². The van der Waals surface area contributed by atoms with Crippen molar-refractivity contribution in [2.24, 2.45) is 0 Å². The van der Waals surface area contributed by atoms with E-state index in [2.05, 4.69) is 48.0 Å². The van der Waals surface area contributed by atoms with Crippen LogP contribution in [0.15, 0.2) is 41.8 Å². The molecule has 1 nitrogen and oxygen atoms in total. The molecule has 0 bridgehead atoms. The number of thiophene rings is 1. The second-order valence-electron chi connectivity index (χ2n) is 4.25. The third-order valence-electron chi connectivity index (χ3n) is 3.00. The molecule has 0 fully saturated rings. The zero-order chi connectivity index (χ0) is 12.8. The molecule has 2 aromatic rings. The minimum absolute atomic E-state index is 0.411. The van der Waals surface area contributed by atoms with Crippen molar-refractivity contribution in [1.29, 1.82) is 0 Å². The molecule has 1 aromatic heterocycles. The first-order valence-electron chi connectivity index (χ1n) is 6.31. The van der Waals surface area contributed by atoms with Crippen molar-refractivity contribution >= 4 is 22.9 Å². The number of halogens is 1. The van der Waals surface area contributed by atoms with E-state index in [1.807, 2.05) is 6.07 Å². The van der Waals surface area contributed by atoms with Crippen LogP contribution >= 0.6 is 22.9 Å². The van der Waals surface area contributed by atoms with E-state index in [1.54, 1.807) is 11.3 Å². The molecule has 0 spiro atoms. The average molecular weight is 280 g/mol. The van der Waals surface area contributed by atoms with Crippen LogP contribution in [-0.2, 0) is 6.42 Å². The maximum atomic E-state index is 6.14. The van der Waals surface area contributed by atoms with Crippen LogP contribution in [0, 0.1) is 0 Å². The lowest BCUT2D eigenvalue weighted by Crippen LogP contribution is -2.21. The molecule has 2 rings (SSSR count). The molecular weight excluding hydrogens is 262 g/mol. The van der Waals surface area contributed by atoms with Crippen LogP contribution in [0.1, 0.15) is 29.8 Å². The molecule has 3 heteroatoms. The quantitative estimate of drug-likeness (QED) is 0.809. The number of benzene rings is 1. The summed E-state index contributed by atoms with van der Waals surface area (Å²) in [5, 5.41) is 6.51. The van der Waals surface area contributed by atoms with Gasteiger partial charge in [0.2, 0.25) is 0 Å². The molecule has 96 valence electrons. The number of rotatable bonds is 6. The van der Waals surface area contributed by atoms with Gasteiger partial charge in [0.1, 0.15) is 0 Å². The van der Waals surface area contributed by atoms with Crippen molar-refractivity contribution in [3.05, 3.63) is 57.2 Å². The number of hydrogen-bond donors (Lipinski definition) is 1. The van der Waals surface area contributed by atoms with Crippen LogP contribution in [0.5, 0.6) is 0 Å². The van der Waals surface area contributed by atoms with Crippen molar-refractivity contribution in [1.82, 2.24) is 5.32 Å². The maximum absolute atomic E-state index is 6.14. The summed E-state index contributed by atoms with van der Waals surface area (Å²) in [7, 11) is 0. The first-order chi connectivity index (χ1) is 8.81. The Morgan fingerprint density at radius 1 is 1.22 bits per heavy atom. The first-order valence-corrected chi connectivity index (χ1v) is 7.57. The lowest BCUT2D eigenvalue weighted by Gasteiger charge is -2.18. The largest absolute Gasteiger partial charge is 0.310 e. The summed E-state index contributed by atoms with van der Waals surface area (Å²) in [4.78, 5) is 1.29. The smallest absolute Gasteiger partial charge is 0.0544 e. The van der Waals surface area contributed by atoms with Crippen molar-refractivity contribution < 1.29 is 0 Å². The molecule has 18 heavy (non-hydrogen) atoms. The predicted octanol–water partition coefficient (Wildman–Crippen LogP) is 4.68. The van der Waals surface area contributed by atoms with Crippen LogP contribution in [0.4, 0.5) is 0 Å². The molecule has 0 amide bonds. The van der Waals surface area contributed by atoms with Crippen molar-refractivity contribution in [2.45, 2.75) is 25.8 Å². The van der Waals surface area contributed by atoms with E-state index >= 15 is 0 Å². The van der Waals surface area contributed by atoms with Gasteiger partial charge in [0.05, 0.1) is 5.02 Å². The minimum Gasteiger partial charge on any atom is -0.310 e. The highest BCUT2D eigenvalue weighted by molar-refractivity contribution is 7.10. The van der Waals surface area contributed by atoms with Gasteiger partial charge in [-0.25, -0.2) is 0 Å². The summed E-state index contributed by atoms with van der Waals surface area (Å²) in [5.74, 6) is 0. The van der Waals surface area contributed by atoms with E-state index in [0.29, 0.717) is 6.04 Å². The Kier molecular flexibility index (Phi) is 5.24. The summed E-state index contributed by atoms with van der Waals surface area (Å²) in [6.45, 7) is 3.13. The molecule has 1 heterocycles. The molecule has 0 saturated heterocycles. The topological polar surface area (TPSA) is 12.0 Å². The SMILES string of the molecule is CCNC(CCc1sccc1Cl)c1ccccc1. The van der Waals surface area contributed by atoms with Gasteiger partial charge in [-0.05, 0) is 36.4 Å². The van der Waals surface area contributed by atoms with Gasteiger partial charge in [0.15, 0.2) is 0 Å². The molecule has 0 radical (unpaired) electrons. The number of nitrogens with one attached hydrogen (secondary N) is 1. The summed E-state index contributed by atoms with van der Waals surface area (Å²) in [6.07, 6.45) is 2.11. The Labute approximate surface area is 118 Å². The van der Waals surface area contributed by atoms with Gasteiger partial charge in [-0.15, -0.1) is 11.3 Å². The van der Waals surface area contributed by atoms with Gasteiger partial charge in [0, 0.05) is 10.9 Å². The fourth-order valence-corrected chi connectivity index (χ4v) is 3.25. The van der Waals surface area contributed by atoms with Crippen LogP contribution in [-0.4, -0.2) is 6.54 Å². The van der Waals surface area contributed by atoms with E-state index in [-0.39, 0.29) is 0 Å². The molecule has 0 aliphatic rings. The summed E-state index contributed by atoms with van der Waals surface area (Å²) >= 11 is 7.88. The second-order valence-corrected chi connectivity index (χ2v) is 5.66. The molecule has 0 aliphatic carbocycles. The second kappa shape index (κ2) is 6.93. The molecule has 1 aromatic carbocycles. The fraction of sp³-hybridized carbons (Fsp3) is 0.333. The molecular formula is C15H18ClNS. The third-order valence-corrected chi connectivity index (χ3v) is 4.45. The van der Waals surface area contributed by atoms with Gasteiger partial charge >= 0.3 is 0 Å². The highest BCUT2D eigenvalue weighted by atomic mass is 35.5. The molecule has 0 aliphatic heterocycles. The van der Waals surface area contributed by atoms with E-state index in [0.717, 1.165) is 24.4 Å². The van der Waals surface area contributed by atoms with Crippen LogP contribution in [0.25, 0.3) is 0 Å². The summed E-state index contributed by atoms with van der Waals surface area (Å²) in [6, 6.07) is 13.0. The third kappa shape index (κ3) is 3.58. The Morgan fingerprint density at radius 2 is 2.00 bits per heavy atom. The van der Waals surface area contributed by atoms with Crippen molar-refractivity contribution in [2.75, 3.05) is 6.54 Å². The molecule has 0 saturated carbocycles. The van der Waals surface area contributed by atoms with Crippen molar-refractivity contribution in [3.8, 4) is 0 Å². The standard InChI is InChI=1S/C15H18ClNS/c1-2-17-14(12-6-4-3-5-7-12)8-9-15-13(16)10-11-18-15/h3-7,10-11,14,17H,2,8-9H2,1H3. The predicted molar refractivity (Wildman–Crippen MR) is 80.5 cm³/mol. The Morgan fingerprint density at radius 3 is 2.61 bits per heavy atom. The molecule has 1 unspecified atom stereocenters. The van der Waals surface area contributed by atoms with Gasteiger partial charge in [-0.1, -0.05) is 48.9 Å². The van der Waals surface area contributed by atoms with E-state index in [1.165, 1.54) is 10.4 Å². The lowest BCUT2D eigenvalue weighted by atomic mass is 10.0. The van der Waals surface area contributed by atoms with Gasteiger partial charge in [-0.2, -0.15) is 0 Å². The highest BCUT2D eigenvalue weighted by Gasteiger charge is 2.11. The van der Waals surface area contributed by atoms with Crippen LogP contribution in [0.3, 0.4) is 0 Å². The van der Waals surface area contributed by atoms with Gasteiger partial charge < -0.3 is 5.32 Å². The Hall–Kier alpha value is -0.830. The van der Waals surface area contributed by atoms with Crippen LogP contribution < -0.4 is 5.32 Å². The Bertz CT molecular complexity index is 466. The van der Waals surface area contributed by atoms with Gasteiger partial charge in [0.25, 0.3) is 0 Å². The summed E-state index contributed by atoms with van der Waals surface area (Å²) in [5.41, 5.74) is 1.35. The zero-order valence-corrected chi connectivity index (χ0v) is 12.1. The van der Waals surface area contributed by atoms with E-state index in [4.69, 9.17) is 11.6 Å². The zero-order valence-electron chi connectivity index (χ0n) is 10.5. The number of hydrogen-bond acceptors (Lipinski definition) is 2. The summed E-state index contributed by atoms with van der Waals surface area (Å²) < 4.78 is 0. The van der Waals surface area contributed by atoms with Crippen molar-refractivity contribution in [3.63, 3.8) is 0 Å². The fourth-order valence-electron chi connectivity index (χ4n) is 2.10. The minimum atomic E-state index is 0.411. The van der Waals surface area contributed by atoms with E-state index in [9.17, 15) is 0 Å². The first kappa shape index (κ1) is 13.6. The monoisotopic (exact) mass is 279 g/mol. The maximum Gasteiger partial charge on any atom is 0.0544 e. The normalized spacial score (nSPS) is 12.6.